The summed E-state index contributed by atoms with van der Waals surface area (Å²) < 4.78 is 74.3. The molecule has 0 aromatic heterocycles. The number of ether oxygens (including phenoxy) is 1. The highest BCUT2D eigenvalue weighted by Gasteiger charge is 2.58. The molecule has 8 nitrogen and oxygen atoms in total. The van der Waals surface area contributed by atoms with E-state index in [9.17, 15) is 36.0 Å². The first-order chi connectivity index (χ1) is 24.9. The van der Waals surface area contributed by atoms with Gasteiger partial charge < -0.3 is 4.74 Å². The van der Waals surface area contributed by atoms with Gasteiger partial charge in [-0.3, -0.25) is 14.5 Å². The molecule has 0 radical (unpaired) electrons. The predicted octanol–water partition coefficient (Wildman–Crippen LogP) is 8.57. The molecule has 6 aliphatic rings. The van der Waals surface area contributed by atoms with E-state index in [4.69, 9.17) is 4.74 Å². The maximum Gasteiger partial charge on any atom is 0.411 e. The summed E-state index contributed by atoms with van der Waals surface area (Å²) in [6, 6.07) is 12.6. The van der Waals surface area contributed by atoms with Crippen LogP contribution in [-0.2, 0) is 37.2 Å². The summed E-state index contributed by atoms with van der Waals surface area (Å²) in [5.74, 6) is -1.09. The Hall–Kier alpha value is -3.07. The van der Waals surface area contributed by atoms with Crippen molar-refractivity contribution in [2.75, 3.05) is 0 Å². The van der Waals surface area contributed by atoms with Crippen molar-refractivity contribution in [1.29, 1.82) is 0 Å². The zero-order valence-electron chi connectivity index (χ0n) is 29.5. The number of carbonyl (C=O) groups is 3. The normalized spacial score (nSPS) is 24.5. The number of Topliss-reactive ketones (excluding diaryl/α,β-unsaturated/α-hetero) is 2. The minimum atomic E-state index is -3.88. The van der Waals surface area contributed by atoms with Gasteiger partial charge in [-0.2, -0.15) is 4.31 Å². The van der Waals surface area contributed by atoms with Gasteiger partial charge in [-0.15, -0.1) is 0 Å². The number of nitrogens with zero attached hydrogens (tertiary/aromatic N) is 2. The van der Waals surface area contributed by atoms with Crippen molar-refractivity contribution < 1.29 is 40.7 Å². The van der Waals surface area contributed by atoms with Crippen LogP contribution < -0.4 is 0 Å². The Balaban J connectivity index is 0.000000183. The third-order valence-electron chi connectivity index (χ3n) is 10.3. The maximum absolute atomic E-state index is 13.5. The smallest absolute Gasteiger partial charge is 0.411 e. The van der Waals surface area contributed by atoms with E-state index < -0.39 is 39.6 Å². The monoisotopic (exact) mass is 880 g/mol. The standard InChI is InChI=1S/C20H18BrF2NO3S.C19H23BrFNO3/c21-14-7-12(8-16(23)11-14)1-6-19(25)20-13-9-17(10-13)24(20)28(26,27)18-4-2-15(22)3-5-18;1-19(2,3)25-18(24)22-15-8-12(9-15)17(22)16(23)5-4-11-6-13(20)10-14(21)7-11/h2-5,7-8,11,13,17,20H,1,6,9-10H2;6-7,10,12,15,17H,4-5,8-9H2,1-3H3. The number of hydrogen-bond donors (Lipinski definition) is 0. The number of carbonyl (C=O) groups excluding carboxylic acids is 3. The Morgan fingerprint density at radius 3 is 1.68 bits per heavy atom. The number of hydrogen-bond acceptors (Lipinski definition) is 6. The average Bonchev–Trinajstić information content (AvgIpc) is 3.79. The predicted molar refractivity (Wildman–Crippen MR) is 199 cm³/mol. The first kappa shape index (κ1) is 39.6. The van der Waals surface area contributed by atoms with Gasteiger partial charge in [0, 0.05) is 33.9 Å². The SMILES string of the molecule is CC(C)(C)OC(=O)N1C2CC(C2)C1C(=O)CCc1cc(F)cc(Br)c1.O=C(CCc1cc(F)cc(Br)c1)C1C2CC(C2)N1S(=O)(=O)c1ccc(F)cc1. The van der Waals surface area contributed by atoms with Crippen LogP contribution in [0.2, 0.25) is 0 Å². The minimum Gasteiger partial charge on any atom is -0.444 e. The fourth-order valence-corrected chi connectivity index (χ4v) is 10.8. The summed E-state index contributed by atoms with van der Waals surface area (Å²) in [5.41, 5.74) is 0.874. The molecule has 4 aliphatic heterocycles. The van der Waals surface area contributed by atoms with E-state index in [0.29, 0.717) is 46.6 Å². The van der Waals surface area contributed by atoms with E-state index in [1.807, 2.05) is 26.8 Å². The zero-order valence-corrected chi connectivity index (χ0v) is 33.5. The lowest BCUT2D eigenvalue weighted by atomic mass is 9.81. The number of aryl methyl sites for hydroxylation is 2. The third kappa shape index (κ3) is 8.92. The molecule has 2 saturated carbocycles. The van der Waals surface area contributed by atoms with Crippen LogP contribution in [0.25, 0.3) is 0 Å². The number of benzene rings is 3. The number of halogens is 5. The Bertz CT molecular complexity index is 1960. The molecule has 14 heteroatoms. The molecule has 2 atom stereocenters. The van der Waals surface area contributed by atoms with E-state index in [0.717, 1.165) is 30.5 Å². The first-order valence-electron chi connectivity index (χ1n) is 17.7. The van der Waals surface area contributed by atoms with Crippen molar-refractivity contribution in [1.82, 2.24) is 9.21 Å². The quantitative estimate of drug-likeness (QED) is 0.202. The summed E-state index contributed by atoms with van der Waals surface area (Å²) in [6.07, 6.45) is 3.93. The Labute approximate surface area is 324 Å². The van der Waals surface area contributed by atoms with Gasteiger partial charge in [0.15, 0.2) is 11.6 Å². The number of sulfonamides is 1. The van der Waals surface area contributed by atoms with Crippen molar-refractivity contribution in [3.63, 3.8) is 0 Å². The lowest BCUT2D eigenvalue weighted by molar-refractivity contribution is -0.123. The largest absolute Gasteiger partial charge is 0.444 e. The van der Waals surface area contributed by atoms with Crippen LogP contribution in [0.1, 0.15) is 70.4 Å². The number of amides is 1. The molecule has 2 unspecified atom stereocenters. The van der Waals surface area contributed by atoms with E-state index in [-0.39, 0.29) is 58.4 Å². The molecular formula is C39H41Br2F3N2O6S. The first-order valence-corrected chi connectivity index (χ1v) is 20.7. The van der Waals surface area contributed by atoms with Crippen molar-refractivity contribution in [3.8, 4) is 0 Å². The van der Waals surface area contributed by atoms with Crippen LogP contribution in [-0.4, -0.2) is 65.1 Å². The van der Waals surface area contributed by atoms with Gasteiger partial charge in [0.05, 0.1) is 17.0 Å². The van der Waals surface area contributed by atoms with Gasteiger partial charge in [0.25, 0.3) is 0 Å². The van der Waals surface area contributed by atoms with Crippen LogP contribution in [0.3, 0.4) is 0 Å². The summed E-state index contributed by atoms with van der Waals surface area (Å²) in [4.78, 5) is 39.8. The number of ketones is 2. The zero-order chi connectivity index (χ0) is 38.4. The lowest BCUT2D eigenvalue weighted by Crippen LogP contribution is -2.44. The second-order valence-corrected chi connectivity index (χ2v) is 19.0. The molecule has 1 amide bonds. The van der Waals surface area contributed by atoms with Gasteiger partial charge in [-0.05, 0) is 143 Å². The molecule has 6 fully saturated rings. The summed E-state index contributed by atoms with van der Waals surface area (Å²) >= 11 is 6.49. The summed E-state index contributed by atoms with van der Waals surface area (Å²) in [7, 11) is -3.88. The van der Waals surface area contributed by atoms with Crippen molar-refractivity contribution in [2.24, 2.45) is 11.8 Å². The van der Waals surface area contributed by atoms with Crippen LogP contribution in [0.4, 0.5) is 18.0 Å². The molecule has 0 N–H and O–H groups in total. The molecule has 4 saturated heterocycles. The Kier molecular flexibility index (Phi) is 11.6. The van der Waals surface area contributed by atoms with Crippen LogP contribution in [0.5, 0.6) is 0 Å². The average molecular weight is 883 g/mol. The van der Waals surface area contributed by atoms with Crippen LogP contribution in [0.15, 0.2) is 74.5 Å². The van der Waals surface area contributed by atoms with Gasteiger partial charge >= 0.3 is 6.09 Å². The second-order valence-electron chi connectivity index (χ2n) is 15.3. The van der Waals surface area contributed by atoms with Crippen LogP contribution >= 0.6 is 31.9 Å². The summed E-state index contributed by atoms with van der Waals surface area (Å²) in [5, 5.41) is 0. The highest BCUT2D eigenvalue weighted by atomic mass is 79.9. The second kappa shape index (κ2) is 15.6. The molecule has 3 aromatic carbocycles. The molecule has 53 heavy (non-hydrogen) atoms. The molecule has 0 spiro atoms. The van der Waals surface area contributed by atoms with Gasteiger partial charge in [-0.25, -0.2) is 26.4 Å². The lowest BCUT2D eigenvalue weighted by Gasteiger charge is -2.29. The molecule has 2 aliphatic carbocycles. The van der Waals surface area contributed by atoms with E-state index in [2.05, 4.69) is 31.9 Å². The summed E-state index contributed by atoms with van der Waals surface area (Å²) in [6.45, 7) is 5.47. The van der Waals surface area contributed by atoms with Gasteiger partial charge in [0.2, 0.25) is 10.0 Å². The minimum absolute atomic E-state index is 0.00619. The van der Waals surface area contributed by atoms with E-state index >= 15 is 0 Å². The molecule has 284 valence electrons. The number of rotatable bonds is 10. The molecule has 3 aromatic rings. The van der Waals surface area contributed by atoms with Crippen molar-refractivity contribution in [3.05, 3.63) is 98.2 Å². The Morgan fingerprint density at radius 2 is 1.19 bits per heavy atom. The Morgan fingerprint density at radius 1 is 0.717 bits per heavy atom. The maximum atomic E-state index is 13.5. The van der Waals surface area contributed by atoms with E-state index in [1.54, 1.807) is 11.0 Å². The third-order valence-corrected chi connectivity index (χ3v) is 13.2. The topological polar surface area (TPSA) is 101 Å². The van der Waals surface area contributed by atoms with E-state index in [1.165, 1.54) is 40.7 Å². The highest BCUT2D eigenvalue weighted by Crippen LogP contribution is 2.49. The van der Waals surface area contributed by atoms with Crippen molar-refractivity contribution >= 4 is 59.5 Å². The van der Waals surface area contributed by atoms with Crippen molar-refractivity contribution in [2.45, 2.75) is 107 Å². The fraction of sp³-hybridized carbons (Fsp3) is 0.462. The highest BCUT2D eigenvalue weighted by molar-refractivity contribution is 9.10. The molecule has 4 heterocycles. The molecule has 4 bridgehead atoms. The fourth-order valence-electron chi connectivity index (χ4n) is 7.92. The molecule has 9 rings (SSSR count). The van der Waals surface area contributed by atoms with Gasteiger partial charge in [0.1, 0.15) is 23.1 Å². The molecular weight excluding hydrogens is 841 g/mol. The van der Waals surface area contributed by atoms with Gasteiger partial charge in [-0.1, -0.05) is 31.9 Å². The number of fused-ring (bicyclic) bond motifs is 2. The van der Waals surface area contributed by atoms with Crippen LogP contribution in [0, 0.1) is 29.3 Å².